The highest BCUT2D eigenvalue weighted by molar-refractivity contribution is 5.84. The van der Waals surface area contributed by atoms with Crippen LogP contribution in [0.25, 0.3) is 22.3 Å². The summed E-state index contributed by atoms with van der Waals surface area (Å²) in [5.74, 6) is 0. The Kier molecular flexibility index (Phi) is 4.87. The Hall–Kier alpha value is -3.32. The second kappa shape index (κ2) is 7.59. The summed E-state index contributed by atoms with van der Waals surface area (Å²) < 4.78 is 0. The number of rotatable bonds is 4. The van der Waals surface area contributed by atoms with Gasteiger partial charge in [0.1, 0.15) is 0 Å². The first kappa shape index (κ1) is 23.1. The summed E-state index contributed by atoms with van der Waals surface area (Å²) in [5, 5.41) is 3.32. The summed E-state index contributed by atoms with van der Waals surface area (Å²) in [7, 11) is 2.00. The van der Waals surface area contributed by atoms with E-state index in [0.29, 0.717) is 0 Å². The highest BCUT2D eigenvalue weighted by Gasteiger charge is 2.38. The molecule has 0 radical (unpaired) electrons. The first-order chi connectivity index (χ1) is 17.0. The lowest BCUT2D eigenvalue weighted by atomic mass is 9.75. The van der Waals surface area contributed by atoms with Crippen molar-refractivity contribution in [1.29, 1.82) is 0 Å². The molecule has 0 saturated heterocycles. The number of benzene rings is 4. The van der Waals surface area contributed by atoms with E-state index in [1.807, 2.05) is 7.05 Å². The SMILES string of the molecule is CNc1ccc2c(c1)-c1cc(CC(C)(C)c3ccc4c(c3)C(C)(C)c3ccccc3-4)ccc1C2(C)C. The third-order valence-electron chi connectivity index (χ3n) is 9.04. The highest BCUT2D eigenvalue weighted by atomic mass is 14.8. The summed E-state index contributed by atoms with van der Waals surface area (Å²) in [5.41, 5.74) is 15.4. The quantitative estimate of drug-likeness (QED) is 0.313. The van der Waals surface area contributed by atoms with Crippen LogP contribution in [0.3, 0.4) is 0 Å². The van der Waals surface area contributed by atoms with Gasteiger partial charge in [0.05, 0.1) is 0 Å². The van der Waals surface area contributed by atoms with Crippen molar-refractivity contribution in [2.75, 3.05) is 12.4 Å². The van der Waals surface area contributed by atoms with Gasteiger partial charge in [-0.15, -0.1) is 0 Å². The smallest absolute Gasteiger partial charge is 0.0343 e. The Morgan fingerprint density at radius 1 is 0.611 bits per heavy atom. The molecule has 4 aromatic rings. The van der Waals surface area contributed by atoms with Gasteiger partial charge in [-0.2, -0.15) is 0 Å². The summed E-state index contributed by atoms with van der Waals surface area (Å²) in [6.45, 7) is 14.2. The molecule has 0 bridgehead atoms. The molecule has 1 N–H and O–H groups in total. The molecule has 0 aromatic heterocycles. The first-order valence-electron chi connectivity index (χ1n) is 13.2. The van der Waals surface area contributed by atoms with Crippen molar-refractivity contribution in [2.24, 2.45) is 0 Å². The molecule has 182 valence electrons. The van der Waals surface area contributed by atoms with E-state index < -0.39 is 0 Å². The third kappa shape index (κ3) is 3.22. The molecule has 0 unspecified atom stereocenters. The molecule has 6 rings (SSSR count). The van der Waals surface area contributed by atoms with Crippen LogP contribution in [-0.4, -0.2) is 7.05 Å². The Bertz CT molecular complexity index is 1520. The topological polar surface area (TPSA) is 12.0 Å². The molecule has 0 spiro atoms. The predicted molar refractivity (Wildman–Crippen MR) is 154 cm³/mol. The molecule has 0 fully saturated rings. The van der Waals surface area contributed by atoms with Crippen LogP contribution in [0.1, 0.15) is 74.9 Å². The number of anilines is 1. The van der Waals surface area contributed by atoms with Crippen LogP contribution >= 0.6 is 0 Å². The fourth-order valence-corrected chi connectivity index (χ4v) is 6.82. The maximum Gasteiger partial charge on any atom is 0.0343 e. The Morgan fingerprint density at radius 2 is 1.22 bits per heavy atom. The van der Waals surface area contributed by atoms with Crippen LogP contribution in [-0.2, 0) is 22.7 Å². The highest BCUT2D eigenvalue weighted by Crippen LogP contribution is 2.51. The van der Waals surface area contributed by atoms with E-state index in [4.69, 9.17) is 0 Å². The summed E-state index contributed by atoms with van der Waals surface area (Å²) in [6, 6.07) is 30.1. The lowest BCUT2D eigenvalue weighted by Gasteiger charge is -2.29. The van der Waals surface area contributed by atoms with Crippen molar-refractivity contribution in [1.82, 2.24) is 0 Å². The molecule has 36 heavy (non-hydrogen) atoms. The molecule has 2 aliphatic rings. The van der Waals surface area contributed by atoms with Crippen LogP contribution in [0.2, 0.25) is 0 Å². The summed E-state index contributed by atoms with van der Waals surface area (Å²) >= 11 is 0. The van der Waals surface area contributed by atoms with Crippen LogP contribution < -0.4 is 5.32 Å². The predicted octanol–water partition coefficient (Wildman–Crippen LogP) is 8.86. The van der Waals surface area contributed by atoms with Crippen molar-refractivity contribution in [3.05, 3.63) is 112 Å². The first-order valence-corrected chi connectivity index (χ1v) is 13.2. The van der Waals surface area contributed by atoms with Gasteiger partial charge in [-0.3, -0.25) is 0 Å². The van der Waals surface area contributed by atoms with Gasteiger partial charge < -0.3 is 5.32 Å². The van der Waals surface area contributed by atoms with E-state index >= 15 is 0 Å². The van der Waals surface area contributed by atoms with Crippen LogP contribution in [0.5, 0.6) is 0 Å². The van der Waals surface area contributed by atoms with Crippen LogP contribution in [0, 0.1) is 0 Å². The van der Waals surface area contributed by atoms with Crippen LogP contribution in [0.15, 0.2) is 78.9 Å². The zero-order valence-electron chi connectivity index (χ0n) is 22.7. The molecule has 0 saturated carbocycles. The number of nitrogens with one attached hydrogen (secondary N) is 1. The average Bonchev–Trinajstić information content (AvgIpc) is 3.23. The summed E-state index contributed by atoms with van der Waals surface area (Å²) in [4.78, 5) is 0. The zero-order chi connectivity index (χ0) is 25.5. The largest absolute Gasteiger partial charge is 0.388 e. The molecule has 0 aliphatic heterocycles. The van der Waals surface area contributed by atoms with Gasteiger partial charge in [0.15, 0.2) is 0 Å². The Labute approximate surface area is 216 Å². The van der Waals surface area contributed by atoms with E-state index in [2.05, 4.69) is 126 Å². The van der Waals surface area contributed by atoms with Crippen molar-refractivity contribution in [3.63, 3.8) is 0 Å². The fourth-order valence-electron chi connectivity index (χ4n) is 6.82. The fraction of sp³-hybridized carbons (Fsp3) is 0.314. The molecule has 1 nitrogen and oxygen atoms in total. The van der Waals surface area contributed by atoms with E-state index in [0.717, 1.165) is 6.42 Å². The number of hydrogen-bond acceptors (Lipinski definition) is 1. The minimum absolute atomic E-state index is 0.0257. The second-order valence-electron chi connectivity index (χ2n) is 12.5. The third-order valence-corrected chi connectivity index (χ3v) is 9.04. The summed E-state index contributed by atoms with van der Waals surface area (Å²) in [6.07, 6.45) is 1.01. The van der Waals surface area contributed by atoms with Crippen molar-refractivity contribution < 1.29 is 0 Å². The zero-order valence-corrected chi connectivity index (χ0v) is 22.7. The van der Waals surface area contributed by atoms with E-state index in [-0.39, 0.29) is 16.2 Å². The van der Waals surface area contributed by atoms with Gasteiger partial charge in [0.25, 0.3) is 0 Å². The van der Waals surface area contributed by atoms with Gasteiger partial charge >= 0.3 is 0 Å². The lowest BCUT2D eigenvalue weighted by molar-refractivity contribution is 0.520. The molecule has 0 amide bonds. The van der Waals surface area contributed by atoms with Crippen molar-refractivity contribution in [3.8, 4) is 22.3 Å². The Morgan fingerprint density at radius 3 is 1.97 bits per heavy atom. The second-order valence-corrected chi connectivity index (χ2v) is 12.5. The van der Waals surface area contributed by atoms with Gasteiger partial charge in [-0.1, -0.05) is 108 Å². The van der Waals surface area contributed by atoms with Crippen molar-refractivity contribution in [2.45, 2.75) is 64.2 Å². The molecule has 1 heteroatoms. The maximum absolute atomic E-state index is 3.32. The average molecular weight is 472 g/mol. The molecular weight excluding hydrogens is 434 g/mol. The van der Waals surface area contributed by atoms with Gasteiger partial charge in [-0.25, -0.2) is 0 Å². The molecule has 2 aliphatic carbocycles. The standard InChI is InChI=1S/C35H37N/c1-33(2,23-13-15-26-25-10-8-9-11-29(25)35(5,6)32(26)19-23)21-22-12-16-30-27(18-22)28-20-24(36-7)14-17-31(28)34(30,3)4/h8-20,36H,21H2,1-7H3. The molecular formula is C35H37N. The molecule has 0 heterocycles. The van der Waals surface area contributed by atoms with Gasteiger partial charge in [0.2, 0.25) is 0 Å². The van der Waals surface area contributed by atoms with Gasteiger partial charge in [-0.05, 0) is 79.6 Å². The maximum atomic E-state index is 3.32. The molecule has 4 aromatic carbocycles. The Balaban J connectivity index is 1.37. The van der Waals surface area contributed by atoms with E-state index in [9.17, 15) is 0 Å². The molecule has 0 atom stereocenters. The van der Waals surface area contributed by atoms with Crippen LogP contribution in [0.4, 0.5) is 5.69 Å². The van der Waals surface area contributed by atoms with E-state index in [1.54, 1.807) is 0 Å². The van der Waals surface area contributed by atoms with E-state index in [1.165, 1.54) is 61.3 Å². The van der Waals surface area contributed by atoms with Crippen molar-refractivity contribution >= 4 is 5.69 Å². The van der Waals surface area contributed by atoms with Gasteiger partial charge in [0, 0.05) is 23.6 Å². The minimum atomic E-state index is 0.0257. The minimum Gasteiger partial charge on any atom is -0.388 e. The lowest BCUT2D eigenvalue weighted by Crippen LogP contribution is -2.22. The number of hydrogen-bond donors (Lipinski definition) is 1. The normalized spacial score (nSPS) is 16.2. The monoisotopic (exact) mass is 471 g/mol. The number of fused-ring (bicyclic) bond motifs is 6.